The van der Waals surface area contributed by atoms with Crippen molar-refractivity contribution in [2.45, 2.75) is 45.7 Å². The quantitative estimate of drug-likeness (QED) is 0.809. The molecule has 0 radical (unpaired) electrons. The summed E-state index contributed by atoms with van der Waals surface area (Å²) in [6.07, 6.45) is 2.23. The molecule has 1 saturated carbocycles. The van der Waals surface area contributed by atoms with Crippen LogP contribution >= 0.6 is 0 Å². The van der Waals surface area contributed by atoms with Gasteiger partial charge in [0, 0.05) is 37.9 Å². The first-order chi connectivity index (χ1) is 12.4. The summed E-state index contributed by atoms with van der Waals surface area (Å²) >= 11 is 0. The molecule has 1 atom stereocenters. The normalized spacial score (nSPS) is 19.8. The van der Waals surface area contributed by atoms with E-state index in [9.17, 15) is 9.59 Å². The maximum Gasteiger partial charge on any atom is 0.238 e. The van der Waals surface area contributed by atoms with Crippen molar-refractivity contribution in [3.63, 3.8) is 0 Å². The molecule has 1 aliphatic carbocycles. The number of anilines is 1. The Morgan fingerprint density at radius 1 is 1.15 bits per heavy atom. The zero-order chi connectivity index (χ0) is 18.7. The number of benzene rings is 1. The maximum absolute atomic E-state index is 12.3. The van der Waals surface area contributed by atoms with Crippen molar-refractivity contribution < 1.29 is 9.59 Å². The lowest BCUT2D eigenvalue weighted by Crippen LogP contribution is -2.55. The van der Waals surface area contributed by atoms with E-state index in [1.54, 1.807) is 0 Å². The number of nitrogens with zero attached hydrogens (tertiary/aromatic N) is 2. The van der Waals surface area contributed by atoms with E-state index in [0.717, 1.165) is 50.3 Å². The number of carbonyl (C=O) groups excluding carboxylic acids is 2. The molecule has 1 heterocycles. The second-order valence-electron chi connectivity index (χ2n) is 7.64. The first-order valence-electron chi connectivity index (χ1n) is 9.56. The number of amides is 2. The van der Waals surface area contributed by atoms with Gasteiger partial charge in [-0.05, 0) is 45.2 Å². The molecule has 1 aromatic carbocycles. The van der Waals surface area contributed by atoms with E-state index in [1.807, 2.05) is 32.9 Å². The minimum atomic E-state index is -0.0956. The molecular weight excluding hydrogens is 328 g/mol. The fourth-order valence-electron chi connectivity index (χ4n) is 3.37. The lowest BCUT2D eigenvalue weighted by Gasteiger charge is -2.37. The van der Waals surface area contributed by atoms with Crippen LogP contribution < -0.4 is 10.6 Å². The van der Waals surface area contributed by atoms with E-state index in [-0.39, 0.29) is 17.9 Å². The molecule has 1 aliphatic heterocycles. The second kappa shape index (κ2) is 8.18. The van der Waals surface area contributed by atoms with Gasteiger partial charge in [0.2, 0.25) is 11.8 Å². The number of nitrogens with one attached hydrogen (secondary N) is 2. The monoisotopic (exact) mass is 358 g/mol. The summed E-state index contributed by atoms with van der Waals surface area (Å²) in [5.74, 6) is 0.151. The van der Waals surface area contributed by atoms with Crippen LogP contribution in [0.3, 0.4) is 0 Å². The molecule has 6 nitrogen and oxygen atoms in total. The van der Waals surface area contributed by atoms with Gasteiger partial charge in [0.15, 0.2) is 0 Å². The second-order valence-corrected chi connectivity index (χ2v) is 7.64. The first-order valence-corrected chi connectivity index (χ1v) is 9.56. The summed E-state index contributed by atoms with van der Waals surface area (Å²) in [6, 6.07) is 6.35. The van der Waals surface area contributed by atoms with E-state index >= 15 is 0 Å². The van der Waals surface area contributed by atoms with Crippen LogP contribution in [0.1, 0.15) is 30.9 Å². The Morgan fingerprint density at radius 2 is 1.85 bits per heavy atom. The van der Waals surface area contributed by atoms with Crippen LogP contribution in [0, 0.1) is 13.8 Å². The first kappa shape index (κ1) is 18.9. The Morgan fingerprint density at radius 3 is 2.46 bits per heavy atom. The number of hydrogen-bond acceptors (Lipinski definition) is 4. The van der Waals surface area contributed by atoms with Crippen LogP contribution in [-0.4, -0.2) is 66.4 Å². The van der Waals surface area contributed by atoms with E-state index in [0.29, 0.717) is 12.6 Å². The summed E-state index contributed by atoms with van der Waals surface area (Å²) in [5.41, 5.74) is 3.15. The van der Waals surface area contributed by atoms with Crippen LogP contribution in [-0.2, 0) is 9.59 Å². The van der Waals surface area contributed by atoms with E-state index < -0.39 is 0 Å². The predicted octanol–water partition coefficient (Wildman–Crippen LogP) is 1.53. The molecule has 6 heteroatoms. The van der Waals surface area contributed by atoms with Crippen molar-refractivity contribution in [2.75, 3.05) is 38.0 Å². The van der Waals surface area contributed by atoms with Gasteiger partial charge in [-0.3, -0.25) is 19.4 Å². The largest absolute Gasteiger partial charge is 0.352 e. The third-order valence-electron chi connectivity index (χ3n) is 5.28. The van der Waals surface area contributed by atoms with Crippen molar-refractivity contribution in [3.8, 4) is 0 Å². The zero-order valence-corrected chi connectivity index (χ0v) is 16.0. The van der Waals surface area contributed by atoms with Gasteiger partial charge in [0.1, 0.15) is 0 Å². The highest BCUT2D eigenvalue weighted by molar-refractivity contribution is 5.93. The Bertz CT molecular complexity index is 664. The highest BCUT2D eigenvalue weighted by Crippen LogP contribution is 2.19. The van der Waals surface area contributed by atoms with Gasteiger partial charge in [-0.15, -0.1) is 0 Å². The predicted molar refractivity (Wildman–Crippen MR) is 103 cm³/mol. The summed E-state index contributed by atoms with van der Waals surface area (Å²) < 4.78 is 0. The highest BCUT2D eigenvalue weighted by atomic mass is 16.2. The SMILES string of the molecule is Cc1ccc(NC(=O)CN2CCN([C@@H](C)C(=O)NC3CC3)CC2)c(C)c1. The molecule has 3 rings (SSSR count). The Kier molecular flexibility index (Phi) is 5.94. The lowest BCUT2D eigenvalue weighted by atomic mass is 10.1. The fourth-order valence-corrected chi connectivity index (χ4v) is 3.37. The van der Waals surface area contributed by atoms with Crippen molar-refractivity contribution in [1.29, 1.82) is 0 Å². The van der Waals surface area contributed by atoms with Gasteiger partial charge in [-0.2, -0.15) is 0 Å². The standard InChI is InChI=1S/C20H30N4O2/c1-14-4-7-18(15(2)12-14)22-19(25)13-23-8-10-24(11-9-23)16(3)20(26)21-17-5-6-17/h4,7,12,16-17H,5-6,8-11,13H2,1-3H3,(H,21,26)(H,22,25)/t16-/m0/s1. The van der Waals surface area contributed by atoms with Crippen LogP contribution in [0.2, 0.25) is 0 Å². The van der Waals surface area contributed by atoms with Crippen molar-refractivity contribution >= 4 is 17.5 Å². The van der Waals surface area contributed by atoms with Crippen LogP contribution in [0.4, 0.5) is 5.69 Å². The molecule has 2 fully saturated rings. The van der Waals surface area contributed by atoms with Gasteiger partial charge >= 0.3 is 0 Å². The molecule has 2 N–H and O–H groups in total. The zero-order valence-electron chi connectivity index (χ0n) is 16.0. The average Bonchev–Trinajstić information content (AvgIpc) is 3.41. The number of piperazine rings is 1. The van der Waals surface area contributed by atoms with Crippen LogP contribution in [0.5, 0.6) is 0 Å². The number of carbonyl (C=O) groups is 2. The van der Waals surface area contributed by atoms with Crippen LogP contribution in [0.25, 0.3) is 0 Å². The summed E-state index contributed by atoms with van der Waals surface area (Å²) in [4.78, 5) is 28.9. The molecule has 0 aromatic heterocycles. The number of rotatable bonds is 6. The lowest BCUT2D eigenvalue weighted by molar-refractivity contribution is -0.127. The topological polar surface area (TPSA) is 64.7 Å². The maximum atomic E-state index is 12.3. The third kappa shape index (κ3) is 5.05. The third-order valence-corrected chi connectivity index (χ3v) is 5.28. The molecule has 0 unspecified atom stereocenters. The molecule has 0 spiro atoms. The minimum absolute atomic E-state index is 0.0185. The van der Waals surface area contributed by atoms with Crippen molar-refractivity contribution in [3.05, 3.63) is 29.3 Å². The van der Waals surface area contributed by atoms with Crippen molar-refractivity contribution in [1.82, 2.24) is 15.1 Å². The molecule has 0 bridgehead atoms. The highest BCUT2D eigenvalue weighted by Gasteiger charge is 2.30. The smallest absolute Gasteiger partial charge is 0.238 e. The molecule has 1 saturated heterocycles. The Balaban J connectivity index is 1.43. The van der Waals surface area contributed by atoms with Gasteiger partial charge in [0.25, 0.3) is 0 Å². The fraction of sp³-hybridized carbons (Fsp3) is 0.600. The van der Waals surface area contributed by atoms with Gasteiger partial charge in [0.05, 0.1) is 12.6 Å². The Hall–Kier alpha value is -1.92. The van der Waals surface area contributed by atoms with E-state index in [2.05, 4.69) is 26.5 Å². The van der Waals surface area contributed by atoms with Gasteiger partial charge < -0.3 is 10.6 Å². The van der Waals surface area contributed by atoms with E-state index in [4.69, 9.17) is 0 Å². The molecule has 2 aliphatic rings. The summed E-state index contributed by atoms with van der Waals surface area (Å²) in [6.45, 7) is 9.67. The summed E-state index contributed by atoms with van der Waals surface area (Å²) in [7, 11) is 0. The Labute approximate surface area is 155 Å². The molecular formula is C20H30N4O2. The molecule has 142 valence electrons. The summed E-state index contributed by atoms with van der Waals surface area (Å²) in [5, 5.41) is 6.08. The van der Waals surface area contributed by atoms with Gasteiger partial charge in [-0.25, -0.2) is 0 Å². The van der Waals surface area contributed by atoms with E-state index in [1.165, 1.54) is 5.56 Å². The van der Waals surface area contributed by atoms with Crippen LogP contribution in [0.15, 0.2) is 18.2 Å². The number of aryl methyl sites for hydroxylation is 2. The minimum Gasteiger partial charge on any atom is -0.352 e. The molecule has 1 aromatic rings. The van der Waals surface area contributed by atoms with Crippen molar-refractivity contribution in [2.24, 2.45) is 0 Å². The average molecular weight is 358 g/mol. The number of hydrogen-bond donors (Lipinski definition) is 2. The molecule has 2 amide bonds. The van der Waals surface area contributed by atoms with Gasteiger partial charge in [-0.1, -0.05) is 17.7 Å². The molecule has 26 heavy (non-hydrogen) atoms.